The van der Waals surface area contributed by atoms with Gasteiger partial charge >= 0.3 is 12.0 Å². The molecule has 0 aliphatic rings. The van der Waals surface area contributed by atoms with Crippen molar-refractivity contribution in [3.63, 3.8) is 0 Å². The minimum absolute atomic E-state index is 0.0726. The molecule has 0 atom stereocenters. The fraction of sp³-hybridized carbons (Fsp3) is 0.833. The maximum absolute atomic E-state index is 11.5. The van der Waals surface area contributed by atoms with Crippen LogP contribution in [0.2, 0.25) is 0 Å². The van der Waals surface area contributed by atoms with Gasteiger partial charge < -0.3 is 20.5 Å². The highest BCUT2D eigenvalue weighted by Gasteiger charge is 2.27. The predicted octanol–water partition coefficient (Wildman–Crippen LogP) is 1.21. The number of carboxylic acid groups (broad SMARTS) is 1. The van der Waals surface area contributed by atoms with E-state index in [9.17, 15) is 9.59 Å². The molecule has 0 unspecified atom stereocenters. The summed E-state index contributed by atoms with van der Waals surface area (Å²) < 4.78 is 5.43. The lowest BCUT2D eigenvalue weighted by Crippen LogP contribution is -2.47. The first-order chi connectivity index (χ1) is 8.10. The normalized spacial score (nSPS) is 12.1. The Morgan fingerprint density at radius 1 is 1.11 bits per heavy atom. The van der Waals surface area contributed by atoms with Crippen molar-refractivity contribution in [3.8, 4) is 0 Å². The monoisotopic (exact) mass is 260 g/mol. The number of nitrogens with one attached hydrogen (secondary N) is 2. The number of urea groups is 1. The van der Waals surface area contributed by atoms with Crippen LogP contribution in [0.15, 0.2) is 0 Å². The van der Waals surface area contributed by atoms with Gasteiger partial charge in [0.2, 0.25) is 0 Å². The summed E-state index contributed by atoms with van der Waals surface area (Å²) in [6.07, 6.45) is 0. The lowest BCUT2D eigenvalue weighted by atomic mass is 9.94. The largest absolute Gasteiger partial charge is 0.481 e. The second kappa shape index (κ2) is 6.58. The average Bonchev–Trinajstić information content (AvgIpc) is 2.23. The van der Waals surface area contributed by atoms with Gasteiger partial charge in [0.1, 0.15) is 0 Å². The second-order valence-electron chi connectivity index (χ2n) is 5.42. The van der Waals surface area contributed by atoms with Gasteiger partial charge in [-0.15, -0.1) is 0 Å². The fourth-order valence-corrected chi connectivity index (χ4v) is 1.17. The standard InChI is InChI=1S/C12H24N2O4/c1-6-18-12(4,5)8-14-10(17)13-7-11(2,3)9(15)16/h6-8H2,1-5H3,(H,15,16)(H2,13,14,17). The molecule has 0 saturated carbocycles. The number of hydrogen-bond donors (Lipinski definition) is 3. The van der Waals surface area contributed by atoms with Crippen molar-refractivity contribution in [1.29, 1.82) is 0 Å². The highest BCUT2D eigenvalue weighted by Crippen LogP contribution is 2.13. The SMILES string of the molecule is CCOC(C)(C)CNC(=O)NCC(C)(C)C(=O)O. The first-order valence-electron chi connectivity index (χ1n) is 6.00. The van der Waals surface area contributed by atoms with Crippen LogP contribution >= 0.6 is 0 Å². The van der Waals surface area contributed by atoms with Gasteiger partial charge in [-0.25, -0.2) is 4.79 Å². The number of carbonyl (C=O) groups excluding carboxylic acids is 1. The van der Waals surface area contributed by atoms with Gasteiger partial charge in [-0.2, -0.15) is 0 Å². The van der Waals surface area contributed by atoms with E-state index in [-0.39, 0.29) is 6.54 Å². The Morgan fingerprint density at radius 2 is 1.61 bits per heavy atom. The number of hydrogen-bond acceptors (Lipinski definition) is 3. The van der Waals surface area contributed by atoms with Gasteiger partial charge in [-0.1, -0.05) is 0 Å². The molecule has 0 spiro atoms. The van der Waals surface area contributed by atoms with Crippen molar-refractivity contribution >= 4 is 12.0 Å². The third-order valence-electron chi connectivity index (χ3n) is 2.48. The zero-order valence-electron chi connectivity index (χ0n) is 11.8. The molecule has 18 heavy (non-hydrogen) atoms. The van der Waals surface area contributed by atoms with Gasteiger partial charge in [0.15, 0.2) is 0 Å². The Morgan fingerprint density at radius 3 is 2.06 bits per heavy atom. The average molecular weight is 260 g/mol. The summed E-state index contributed by atoms with van der Waals surface area (Å²) in [6.45, 7) is 9.75. The van der Waals surface area contributed by atoms with Crippen molar-refractivity contribution < 1.29 is 19.4 Å². The highest BCUT2D eigenvalue weighted by atomic mass is 16.5. The molecule has 0 heterocycles. The number of aliphatic carboxylic acids is 1. The third kappa shape index (κ3) is 6.44. The lowest BCUT2D eigenvalue weighted by molar-refractivity contribution is -0.146. The molecule has 6 nitrogen and oxygen atoms in total. The summed E-state index contributed by atoms with van der Waals surface area (Å²) >= 11 is 0. The molecule has 0 aliphatic heterocycles. The molecular weight excluding hydrogens is 236 g/mol. The molecule has 0 rings (SSSR count). The lowest BCUT2D eigenvalue weighted by Gasteiger charge is -2.25. The van der Waals surface area contributed by atoms with Crippen LogP contribution < -0.4 is 10.6 Å². The molecule has 6 heteroatoms. The predicted molar refractivity (Wildman–Crippen MR) is 68.5 cm³/mol. The van der Waals surface area contributed by atoms with Crippen molar-refractivity contribution in [2.24, 2.45) is 5.41 Å². The van der Waals surface area contributed by atoms with E-state index < -0.39 is 23.0 Å². The van der Waals surface area contributed by atoms with Crippen LogP contribution in [0, 0.1) is 5.41 Å². The number of carboxylic acids is 1. The number of ether oxygens (including phenoxy) is 1. The molecule has 0 aromatic rings. The third-order valence-corrected chi connectivity index (χ3v) is 2.48. The quantitative estimate of drug-likeness (QED) is 0.642. The van der Waals surface area contributed by atoms with Crippen molar-refractivity contribution in [3.05, 3.63) is 0 Å². The van der Waals surface area contributed by atoms with Gasteiger partial charge in [0.25, 0.3) is 0 Å². The van der Waals surface area contributed by atoms with Gasteiger partial charge in [0, 0.05) is 19.7 Å². The van der Waals surface area contributed by atoms with Crippen molar-refractivity contribution in [2.45, 2.75) is 40.2 Å². The Bertz CT molecular complexity index is 300. The molecular formula is C12H24N2O4. The molecule has 3 N–H and O–H groups in total. The Hall–Kier alpha value is -1.30. The molecule has 0 bridgehead atoms. The molecule has 0 aromatic heterocycles. The minimum atomic E-state index is -0.979. The molecule has 106 valence electrons. The molecule has 2 amide bonds. The van der Waals surface area contributed by atoms with Crippen LogP contribution in [-0.4, -0.2) is 42.4 Å². The number of carbonyl (C=O) groups is 2. The molecule has 0 fully saturated rings. The van der Waals surface area contributed by atoms with Crippen LogP contribution in [0.1, 0.15) is 34.6 Å². The zero-order valence-corrected chi connectivity index (χ0v) is 11.8. The van der Waals surface area contributed by atoms with E-state index >= 15 is 0 Å². The highest BCUT2D eigenvalue weighted by molar-refractivity contribution is 5.77. The number of amides is 2. The fourth-order valence-electron chi connectivity index (χ4n) is 1.17. The summed E-state index contributed by atoms with van der Waals surface area (Å²) in [5, 5.41) is 14.1. The smallest absolute Gasteiger partial charge is 0.314 e. The summed E-state index contributed by atoms with van der Waals surface area (Å²) in [7, 11) is 0. The van der Waals surface area contributed by atoms with E-state index in [4.69, 9.17) is 9.84 Å². The van der Waals surface area contributed by atoms with Gasteiger partial charge in [-0.3, -0.25) is 4.79 Å². The van der Waals surface area contributed by atoms with E-state index in [1.807, 2.05) is 20.8 Å². The van der Waals surface area contributed by atoms with E-state index in [1.54, 1.807) is 13.8 Å². The maximum Gasteiger partial charge on any atom is 0.314 e. The first-order valence-corrected chi connectivity index (χ1v) is 6.00. The van der Waals surface area contributed by atoms with Crippen molar-refractivity contribution in [1.82, 2.24) is 10.6 Å². The van der Waals surface area contributed by atoms with E-state index in [2.05, 4.69) is 10.6 Å². The topological polar surface area (TPSA) is 87.7 Å². The maximum atomic E-state index is 11.5. The summed E-state index contributed by atoms with van der Waals surface area (Å²) in [4.78, 5) is 22.3. The summed E-state index contributed by atoms with van der Waals surface area (Å²) in [5.74, 6) is -0.947. The Labute approximate surface area is 108 Å². The van der Waals surface area contributed by atoms with Gasteiger partial charge in [-0.05, 0) is 34.6 Å². The van der Waals surface area contributed by atoms with Crippen LogP contribution in [-0.2, 0) is 9.53 Å². The Kier molecular flexibility index (Phi) is 6.11. The summed E-state index contributed by atoms with van der Waals surface area (Å²) in [5.41, 5.74) is -1.42. The second-order valence-corrected chi connectivity index (χ2v) is 5.42. The first kappa shape index (κ1) is 16.7. The number of rotatable bonds is 7. The molecule has 0 aromatic carbocycles. The Balaban J connectivity index is 4.03. The van der Waals surface area contributed by atoms with Crippen LogP contribution in [0.5, 0.6) is 0 Å². The van der Waals surface area contributed by atoms with Crippen molar-refractivity contribution in [2.75, 3.05) is 19.7 Å². The van der Waals surface area contributed by atoms with Crippen LogP contribution in [0.4, 0.5) is 4.79 Å². The van der Waals surface area contributed by atoms with Crippen LogP contribution in [0.25, 0.3) is 0 Å². The van der Waals surface area contributed by atoms with E-state index in [0.29, 0.717) is 13.2 Å². The van der Waals surface area contributed by atoms with E-state index in [1.165, 1.54) is 0 Å². The zero-order chi connectivity index (χ0) is 14.4. The summed E-state index contributed by atoms with van der Waals surface area (Å²) in [6, 6.07) is -0.392. The van der Waals surface area contributed by atoms with Crippen LogP contribution in [0.3, 0.4) is 0 Å². The molecule has 0 radical (unpaired) electrons. The molecule has 0 saturated heterocycles. The van der Waals surface area contributed by atoms with E-state index in [0.717, 1.165) is 0 Å². The minimum Gasteiger partial charge on any atom is -0.481 e. The van der Waals surface area contributed by atoms with Gasteiger partial charge in [0.05, 0.1) is 11.0 Å². The molecule has 0 aliphatic carbocycles.